The van der Waals surface area contributed by atoms with E-state index in [-0.39, 0.29) is 0 Å². The number of hydrogen-bond acceptors (Lipinski definition) is 1. The first-order valence-electron chi connectivity index (χ1n) is 6.23. The number of nitrogens with zero attached hydrogens (tertiary/aromatic N) is 1. The molecule has 0 aromatic heterocycles. The number of anilines is 1. The van der Waals surface area contributed by atoms with E-state index >= 15 is 0 Å². The highest BCUT2D eigenvalue weighted by Gasteiger charge is 2.25. The maximum Gasteiger partial charge on any atom is 0.0509 e. The van der Waals surface area contributed by atoms with Gasteiger partial charge in [-0.1, -0.05) is 24.6 Å². The maximum atomic E-state index is 6.22. The predicted molar refractivity (Wildman–Crippen MR) is 76.2 cm³/mol. The number of benzene rings is 1. The standard InChI is InChI=1S/C14H19Cl2N/c1-10-6-7-11(2)17(9-10)14-5-3-4-13(16)12(14)8-15/h3-5,10-11H,6-9H2,1-2H3. The molecule has 2 atom stereocenters. The molecule has 2 unspecified atom stereocenters. The van der Waals surface area contributed by atoms with Crippen molar-refractivity contribution in [3.63, 3.8) is 0 Å². The Labute approximate surface area is 114 Å². The van der Waals surface area contributed by atoms with Crippen LogP contribution in [0.2, 0.25) is 5.02 Å². The van der Waals surface area contributed by atoms with Crippen molar-refractivity contribution in [2.45, 2.75) is 38.6 Å². The number of hydrogen-bond donors (Lipinski definition) is 0. The second kappa shape index (κ2) is 5.49. The molecule has 0 radical (unpaired) electrons. The molecule has 1 nitrogen and oxygen atoms in total. The third-order valence-corrected chi connectivity index (χ3v) is 4.28. The van der Waals surface area contributed by atoms with Crippen LogP contribution in [0.3, 0.4) is 0 Å². The molecule has 17 heavy (non-hydrogen) atoms. The fourth-order valence-corrected chi connectivity index (χ4v) is 3.16. The van der Waals surface area contributed by atoms with E-state index in [2.05, 4.69) is 24.8 Å². The van der Waals surface area contributed by atoms with Crippen molar-refractivity contribution < 1.29 is 0 Å². The van der Waals surface area contributed by atoms with E-state index in [0.29, 0.717) is 11.9 Å². The van der Waals surface area contributed by atoms with E-state index in [4.69, 9.17) is 23.2 Å². The van der Waals surface area contributed by atoms with Crippen LogP contribution in [-0.4, -0.2) is 12.6 Å². The smallest absolute Gasteiger partial charge is 0.0509 e. The lowest BCUT2D eigenvalue weighted by molar-refractivity contribution is 0.390. The quantitative estimate of drug-likeness (QED) is 0.705. The Morgan fingerprint density at radius 3 is 2.76 bits per heavy atom. The van der Waals surface area contributed by atoms with Gasteiger partial charge in [0.05, 0.1) is 5.88 Å². The summed E-state index contributed by atoms with van der Waals surface area (Å²) < 4.78 is 0. The monoisotopic (exact) mass is 271 g/mol. The van der Waals surface area contributed by atoms with Gasteiger partial charge in [0.1, 0.15) is 0 Å². The van der Waals surface area contributed by atoms with E-state index in [1.165, 1.54) is 18.5 Å². The van der Waals surface area contributed by atoms with Gasteiger partial charge in [-0.2, -0.15) is 0 Å². The van der Waals surface area contributed by atoms with Gasteiger partial charge in [0.25, 0.3) is 0 Å². The van der Waals surface area contributed by atoms with Crippen molar-refractivity contribution in [1.82, 2.24) is 0 Å². The molecule has 1 heterocycles. The summed E-state index contributed by atoms with van der Waals surface area (Å²) in [4.78, 5) is 2.46. The lowest BCUT2D eigenvalue weighted by Crippen LogP contribution is -2.41. The minimum absolute atomic E-state index is 0.479. The van der Waals surface area contributed by atoms with Gasteiger partial charge in [-0.25, -0.2) is 0 Å². The molecule has 0 amide bonds. The molecule has 3 heteroatoms. The first-order valence-corrected chi connectivity index (χ1v) is 7.14. The first-order chi connectivity index (χ1) is 8.13. The van der Waals surface area contributed by atoms with Gasteiger partial charge in [0, 0.05) is 28.9 Å². The topological polar surface area (TPSA) is 3.24 Å². The van der Waals surface area contributed by atoms with Gasteiger partial charge >= 0.3 is 0 Å². The lowest BCUT2D eigenvalue weighted by Gasteiger charge is -2.39. The zero-order valence-electron chi connectivity index (χ0n) is 10.4. The summed E-state index contributed by atoms with van der Waals surface area (Å²) in [6, 6.07) is 6.64. The van der Waals surface area contributed by atoms with E-state index in [1.807, 2.05) is 12.1 Å². The number of halogens is 2. The molecule has 1 fully saturated rings. The van der Waals surface area contributed by atoms with E-state index in [0.717, 1.165) is 23.0 Å². The highest BCUT2D eigenvalue weighted by atomic mass is 35.5. The molecule has 1 aromatic rings. The summed E-state index contributed by atoms with van der Waals surface area (Å²) in [5.74, 6) is 1.22. The summed E-state index contributed by atoms with van der Waals surface area (Å²) in [5, 5.41) is 0.780. The third-order valence-electron chi connectivity index (χ3n) is 3.65. The van der Waals surface area contributed by atoms with E-state index < -0.39 is 0 Å². The van der Waals surface area contributed by atoms with Crippen LogP contribution in [0.5, 0.6) is 0 Å². The highest BCUT2D eigenvalue weighted by molar-refractivity contribution is 6.32. The molecule has 0 N–H and O–H groups in total. The zero-order valence-corrected chi connectivity index (χ0v) is 11.9. The Morgan fingerprint density at radius 1 is 1.29 bits per heavy atom. The van der Waals surface area contributed by atoms with Crippen LogP contribution in [0.15, 0.2) is 18.2 Å². The van der Waals surface area contributed by atoms with Crippen LogP contribution >= 0.6 is 23.2 Å². The van der Waals surface area contributed by atoms with Crippen LogP contribution in [0.25, 0.3) is 0 Å². The number of piperidine rings is 1. The van der Waals surface area contributed by atoms with Crippen molar-refractivity contribution in [2.75, 3.05) is 11.4 Å². The van der Waals surface area contributed by atoms with Gasteiger partial charge in [-0.3, -0.25) is 0 Å². The SMILES string of the molecule is CC1CCC(C)N(c2cccc(Cl)c2CCl)C1. The van der Waals surface area contributed by atoms with Crippen LogP contribution in [0.4, 0.5) is 5.69 Å². The zero-order chi connectivity index (χ0) is 12.4. The second-order valence-electron chi connectivity index (χ2n) is 5.06. The van der Waals surface area contributed by atoms with Gasteiger partial charge in [0.2, 0.25) is 0 Å². The lowest BCUT2D eigenvalue weighted by atomic mass is 9.94. The van der Waals surface area contributed by atoms with Gasteiger partial charge in [-0.15, -0.1) is 11.6 Å². The molecular weight excluding hydrogens is 253 g/mol. The predicted octanol–water partition coefficient (Wildman–Crippen LogP) is 4.70. The van der Waals surface area contributed by atoms with E-state index in [1.54, 1.807) is 0 Å². The van der Waals surface area contributed by atoms with Crippen molar-refractivity contribution >= 4 is 28.9 Å². The molecule has 1 aliphatic rings. The molecular formula is C14H19Cl2N. The van der Waals surface area contributed by atoms with Crippen LogP contribution in [0.1, 0.15) is 32.3 Å². The Bertz CT molecular complexity index is 392. The Hall–Kier alpha value is -0.400. The minimum atomic E-state index is 0.479. The molecule has 0 bridgehead atoms. The van der Waals surface area contributed by atoms with E-state index in [9.17, 15) is 0 Å². The summed E-state index contributed by atoms with van der Waals surface area (Å²) in [5.41, 5.74) is 2.28. The molecule has 2 rings (SSSR count). The fraction of sp³-hybridized carbons (Fsp3) is 0.571. The Morgan fingerprint density at radius 2 is 2.06 bits per heavy atom. The van der Waals surface area contributed by atoms with Crippen LogP contribution in [0, 0.1) is 5.92 Å². The van der Waals surface area contributed by atoms with Gasteiger partial charge < -0.3 is 4.90 Å². The third kappa shape index (κ3) is 2.71. The summed E-state index contributed by atoms with van der Waals surface area (Å²) in [6.45, 7) is 5.69. The van der Waals surface area contributed by atoms with Crippen LogP contribution in [-0.2, 0) is 5.88 Å². The summed E-state index contributed by atoms with van der Waals surface area (Å²) >= 11 is 12.3. The normalized spacial score (nSPS) is 25.1. The van der Waals surface area contributed by atoms with Crippen molar-refractivity contribution in [3.05, 3.63) is 28.8 Å². The molecule has 0 saturated carbocycles. The van der Waals surface area contributed by atoms with Gasteiger partial charge in [0.15, 0.2) is 0 Å². The fourth-order valence-electron chi connectivity index (χ4n) is 2.57. The molecule has 94 valence electrons. The second-order valence-corrected chi connectivity index (χ2v) is 5.73. The first kappa shape index (κ1) is 13.0. The average molecular weight is 272 g/mol. The summed E-state index contributed by atoms with van der Waals surface area (Å²) in [7, 11) is 0. The number of rotatable bonds is 2. The highest BCUT2D eigenvalue weighted by Crippen LogP contribution is 2.34. The molecule has 0 spiro atoms. The molecule has 1 aliphatic heterocycles. The molecule has 1 saturated heterocycles. The molecule has 0 aliphatic carbocycles. The van der Waals surface area contributed by atoms with Gasteiger partial charge in [-0.05, 0) is 37.8 Å². The Kier molecular flexibility index (Phi) is 4.22. The maximum absolute atomic E-state index is 6.22. The van der Waals surface area contributed by atoms with Crippen molar-refractivity contribution in [1.29, 1.82) is 0 Å². The molecule has 1 aromatic carbocycles. The largest absolute Gasteiger partial charge is 0.368 e. The Balaban J connectivity index is 2.35. The minimum Gasteiger partial charge on any atom is -0.368 e. The summed E-state index contributed by atoms with van der Waals surface area (Å²) in [6.07, 6.45) is 2.56. The number of alkyl halides is 1. The average Bonchev–Trinajstić information content (AvgIpc) is 2.32. The van der Waals surface area contributed by atoms with Crippen LogP contribution < -0.4 is 4.90 Å². The van der Waals surface area contributed by atoms with Crippen molar-refractivity contribution in [2.24, 2.45) is 5.92 Å². The van der Waals surface area contributed by atoms with Crippen molar-refractivity contribution in [3.8, 4) is 0 Å².